The summed E-state index contributed by atoms with van der Waals surface area (Å²) >= 11 is 0. The van der Waals surface area contributed by atoms with E-state index in [2.05, 4.69) is 10.3 Å². The van der Waals surface area contributed by atoms with Crippen molar-refractivity contribution in [3.05, 3.63) is 58.4 Å². The predicted octanol–water partition coefficient (Wildman–Crippen LogP) is 4.12. The van der Waals surface area contributed by atoms with Crippen LogP contribution in [0.25, 0.3) is 0 Å². The first-order chi connectivity index (χ1) is 13.9. The maximum atomic E-state index is 13.8. The van der Waals surface area contributed by atoms with Crippen molar-refractivity contribution in [2.75, 3.05) is 35.4 Å². The minimum Gasteiger partial charge on any atom is -0.493 e. The number of methoxy groups -OCH3 is 3. The highest BCUT2D eigenvalue weighted by atomic mass is 127. The lowest BCUT2D eigenvalue weighted by Crippen LogP contribution is -2.38. The number of aliphatic imine (C=N–C) groups is 1. The number of aryl methyl sites for hydroxylation is 1. The number of ether oxygens (including phenoxy) is 3. The van der Waals surface area contributed by atoms with E-state index < -0.39 is 0 Å². The van der Waals surface area contributed by atoms with Gasteiger partial charge in [-0.3, -0.25) is 4.99 Å². The van der Waals surface area contributed by atoms with E-state index in [0.29, 0.717) is 30.2 Å². The smallest absolute Gasteiger partial charge is 0.193 e. The molecule has 166 valence electrons. The van der Waals surface area contributed by atoms with Crippen LogP contribution in [0, 0.1) is 12.7 Å². The number of hydrogen-bond donors (Lipinski definition) is 1. The van der Waals surface area contributed by atoms with Crippen LogP contribution in [-0.2, 0) is 24.4 Å². The van der Waals surface area contributed by atoms with Crippen LogP contribution in [0.1, 0.15) is 22.3 Å². The summed E-state index contributed by atoms with van der Waals surface area (Å²) in [5.74, 6) is 1.88. The lowest BCUT2D eigenvalue weighted by atomic mass is 10.1. The van der Waals surface area contributed by atoms with Crippen molar-refractivity contribution in [1.29, 1.82) is 0 Å². The van der Waals surface area contributed by atoms with E-state index in [9.17, 15) is 4.39 Å². The summed E-state index contributed by atoms with van der Waals surface area (Å²) in [5, 5.41) is 3.32. The van der Waals surface area contributed by atoms with E-state index in [0.717, 1.165) is 22.6 Å². The molecule has 2 rings (SSSR count). The minimum atomic E-state index is -0.263. The van der Waals surface area contributed by atoms with Crippen molar-refractivity contribution in [3.63, 3.8) is 0 Å². The second kappa shape index (κ2) is 12.6. The maximum Gasteiger partial charge on any atom is 0.193 e. The molecule has 1 N–H and O–H groups in total. The molecule has 30 heavy (non-hydrogen) atoms. The molecule has 0 bridgehead atoms. The second-order valence-corrected chi connectivity index (χ2v) is 6.75. The summed E-state index contributed by atoms with van der Waals surface area (Å²) in [6.45, 7) is 3.45. The van der Waals surface area contributed by atoms with E-state index in [-0.39, 0.29) is 36.4 Å². The molecule has 0 radical (unpaired) electrons. The van der Waals surface area contributed by atoms with Gasteiger partial charge in [0, 0.05) is 39.9 Å². The molecular weight excluding hydrogens is 500 g/mol. The number of benzene rings is 2. The van der Waals surface area contributed by atoms with Crippen molar-refractivity contribution in [2.24, 2.45) is 4.99 Å². The van der Waals surface area contributed by atoms with E-state index in [1.807, 2.05) is 31.0 Å². The van der Waals surface area contributed by atoms with Crippen molar-refractivity contribution in [3.8, 4) is 11.5 Å². The fraction of sp³-hybridized carbons (Fsp3) is 0.409. The summed E-state index contributed by atoms with van der Waals surface area (Å²) in [5.41, 5.74) is 3.70. The molecule has 6 nitrogen and oxygen atoms in total. The zero-order valence-electron chi connectivity index (χ0n) is 18.4. The third kappa shape index (κ3) is 6.73. The Bertz CT molecular complexity index is 862. The van der Waals surface area contributed by atoms with Crippen molar-refractivity contribution in [1.82, 2.24) is 10.2 Å². The highest BCUT2D eigenvalue weighted by Gasteiger charge is 2.13. The quantitative estimate of drug-likeness (QED) is 0.316. The fourth-order valence-corrected chi connectivity index (χ4v) is 3.09. The number of rotatable bonds is 8. The number of nitrogens with one attached hydrogen (secondary N) is 1. The summed E-state index contributed by atoms with van der Waals surface area (Å²) in [4.78, 5) is 6.38. The first-order valence-corrected chi connectivity index (χ1v) is 9.33. The molecule has 2 aromatic carbocycles. The Kier molecular flexibility index (Phi) is 10.9. The van der Waals surface area contributed by atoms with Gasteiger partial charge in [-0.15, -0.1) is 24.0 Å². The van der Waals surface area contributed by atoms with Crippen LogP contribution in [0.5, 0.6) is 11.5 Å². The number of guanidine groups is 1. The molecule has 0 saturated heterocycles. The van der Waals surface area contributed by atoms with Crippen LogP contribution in [0.3, 0.4) is 0 Å². The molecule has 0 aliphatic rings. The summed E-state index contributed by atoms with van der Waals surface area (Å²) < 4.78 is 29.6. The molecule has 0 aliphatic heterocycles. The molecule has 0 saturated carbocycles. The Balaban J connectivity index is 0.00000450. The van der Waals surface area contributed by atoms with Gasteiger partial charge in [0.2, 0.25) is 0 Å². The molecule has 0 atom stereocenters. The van der Waals surface area contributed by atoms with E-state index in [1.165, 1.54) is 6.07 Å². The topological polar surface area (TPSA) is 55.3 Å². The molecule has 0 spiro atoms. The normalized spacial score (nSPS) is 11.0. The Labute approximate surface area is 195 Å². The third-order valence-electron chi connectivity index (χ3n) is 4.68. The number of nitrogens with zero attached hydrogens (tertiary/aromatic N) is 2. The lowest BCUT2D eigenvalue weighted by molar-refractivity contribution is 0.181. The standard InChI is InChI=1S/C22H30FN3O3.HI/c1-15-9-20(28-5)21(29-6)11-17(15)13-26(3)22(24-2)25-12-16-7-8-19(23)18(10-16)14-27-4;/h7-11H,12-14H2,1-6H3,(H,24,25);1H. The summed E-state index contributed by atoms with van der Waals surface area (Å²) in [7, 11) is 8.51. The van der Waals surface area contributed by atoms with Crippen LogP contribution < -0.4 is 14.8 Å². The molecule has 0 fully saturated rings. The van der Waals surface area contributed by atoms with Gasteiger partial charge < -0.3 is 24.4 Å². The van der Waals surface area contributed by atoms with Gasteiger partial charge in [-0.1, -0.05) is 6.07 Å². The fourth-order valence-electron chi connectivity index (χ4n) is 3.09. The van der Waals surface area contributed by atoms with E-state index >= 15 is 0 Å². The van der Waals surface area contributed by atoms with Crippen LogP contribution in [-0.4, -0.2) is 46.3 Å². The van der Waals surface area contributed by atoms with Crippen molar-refractivity contribution >= 4 is 29.9 Å². The van der Waals surface area contributed by atoms with Gasteiger partial charge in [-0.25, -0.2) is 4.39 Å². The second-order valence-electron chi connectivity index (χ2n) is 6.75. The van der Waals surface area contributed by atoms with Crippen LogP contribution in [0.2, 0.25) is 0 Å². The Morgan fingerprint density at radius 2 is 1.73 bits per heavy atom. The molecule has 2 aromatic rings. The monoisotopic (exact) mass is 531 g/mol. The third-order valence-corrected chi connectivity index (χ3v) is 4.68. The molecular formula is C22H31FIN3O3. The van der Waals surface area contributed by atoms with Gasteiger partial charge in [0.05, 0.1) is 20.8 Å². The molecule has 0 amide bonds. The Morgan fingerprint density at radius 3 is 2.33 bits per heavy atom. The number of halogens is 2. The zero-order chi connectivity index (χ0) is 21.4. The molecule has 0 heterocycles. The summed E-state index contributed by atoms with van der Waals surface area (Å²) in [6.07, 6.45) is 0. The average molecular weight is 531 g/mol. The SMILES string of the molecule is CN=C(NCc1ccc(F)c(COC)c1)N(C)Cc1cc(OC)c(OC)cc1C.I. The lowest BCUT2D eigenvalue weighted by Gasteiger charge is -2.24. The van der Waals surface area contributed by atoms with Crippen LogP contribution in [0.15, 0.2) is 35.3 Å². The summed E-state index contributed by atoms with van der Waals surface area (Å²) in [6, 6.07) is 8.97. The van der Waals surface area contributed by atoms with Crippen molar-refractivity contribution < 1.29 is 18.6 Å². The van der Waals surface area contributed by atoms with Crippen LogP contribution in [0.4, 0.5) is 4.39 Å². The molecule has 0 unspecified atom stereocenters. The highest BCUT2D eigenvalue weighted by molar-refractivity contribution is 14.0. The van der Waals surface area contributed by atoms with Gasteiger partial charge in [0.1, 0.15) is 5.82 Å². The van der Waals surface area contributed by atoms with Gasteiger partial charge in [0.25, 0.3) is 0 Å². The molecule has 0 aliphatic carbocycles. The number of hydrogen-bond acceptors (Lipinski definition) is 4. The maximum absolute atomic E-state index is 13.8. The van der Waals surface area contributed by atoms with Crippen LogP contribution >= 0.6 is 24.0 Å². The Hall–Kier alpha value is -2.07. The van der Waals surface area contributed by atoms with Crippen molar-refractivity contribution in [2.45, 2.75) is 26.6 Å². The largest absolute Gasteiger partial charge is 0.493 e. The van der Waals surface area contributed by atoms with Gasteiger partial charge >= 0.3 is 0 Å². The first kappa shape index (κ1) is 26.0. The van der Waals surface area contributed by atoms with Gasteiger partial charge in [-0.05, 0) is 47.9 Å². The molecule has 8 heteroatoms. The highest BCUT2D eigenvalue weighted by Crippen LogP contribution is 2.30. The molecule has 0 aromatic heterocycles. The predicted molar refractivity (Wildman–Crippen MR) is 128 cm³/mol. The minimum absolute atomic E-state index is 0. The Morgan fingerprint density at radius 1 is 1.07 bits per heavy atom. The van der Waals surface area contributed by atoms with E-state index in [4.69, 9.17) is 14.2 Å². The zero-order valence-corrected chi connectivity index (χ0v) is 20.7. The first-order valence-electron chi connectivity index (χ1n) is 9.33. The van der Waals surface area contributed by atoms with Gasteiger partial charge in [0.15, 0.2) is 17.5 Å². The van der Waals surface area contributed by atoms with E-state index in [1.54, 1.807) is 40.5 Å². The van der Waals surface area contributed by atoms with Gasteiger partial charge in [-0.2, -0.15) is 0 Å². The average Bonchev–Trinajstić information content (AvgIpc) is 2.72.